The largest absolute Gasteiger partial charge is 0.276 e. The molecule has 21 heavy (non-hydrogen) atoms. The quantitative estimate of drug-likeness (QED) is 0.528. The predicted octanol–water partition coefficient (Wildman–Crippen LogP) is 3.61. The van der Waals surface area contributed by atoms with Gasteiger partial charge in [0.05, 0.1) is 11.9 Å². The Kier molecular flexibility index (Phi) is 4.36. The van der Waals surface area contributed by atoms with E-state index in [0.29, 0.717) is 10.6 Å². The Bertz CT molecular complexity index is 739. The Balaban J connectivity index is 1.62. The lowest BCUT2D eigenvalue weighted by Crippen LogP contribution is -2.15. The topological polar surface area (TPSA) is 53.8 Å². The zero-order valence-corrected chi connectivity index (χ0v) is 13.5. The Morgan fingerprint density at radius 1 is 1.38 bits per heavy atom. The van der Waals surface area contributed by atoms with Crippen molar-refractivity contribution in [3.05, 3.63) is 39.4 Å². The normalized spacial score (nSPS) is 18.0. The van der Waals surface area contributed by atoms with Gasteiger partial charge in [-0.15, -0.1) is 22.7 Å². The molecule has 0 aromatic carbocycles. The number of nitrogens with zero attached hydrogens (tertiary/aromatic N) is 2. The summed E-state index contributed by atoms with van der Waals surface area (Å²) in [5.41, 5.74) is 3.39. The summed E-state index contributed by atoms with van der Waals surface area (Å²) in [5, 5.41) is 6.26. The van der Waals surface area contributed by atoms with Gasteiger partial charge >= 0.3 is 0 Å². The lowest BCUT2D eigenvalue weighted by Gasteiger charge is -2.02. The standard InChI is InChI=1S/C14H11N3OS3/c1-9-13(8-18)21-14(16-9)17-15-7-10-4-5-12(20-10)11-3-2-6-19-11/h2-7,14,17H,1H3. The van der Waals surface area contributed by atoms with E-state index >= 15 is 0 Å². The van der Waals surface area contributed by atoms with E-state index in [-0.39, 0.29) is 5.50 Å². The van der Waals surface area contributed by atoms with Gasteiger partial charge in [-0.1, -0.05) is 17.8 Å². The first kappa shape index (κ1) is 14.3. The molecule has 0 aliphatic carbocycles. The molecule has 0 bridgehead atoms. The number of hydrogen-bond donors (Lipinski definition) is 1. The fourth-order valence-corrected chi connectivity index (χ4v) is 4.28. The number of thiophene rings is 2. The fraction of sp³-hybridized carbons (Fsp3) is 0.143. The molecule has 2 aromatic rings. The predicted molar refractivity (Wildman–Crippen MR) is 92.1 cm³/mol. The number of nitrogens with one attached hydrogen (secondary N) is 1. The van der Waals surface area contributed by atoms with E-state index in [1.165, 1.54) is 21.5 Å². The lowest BCUT2D eigenvalue weighted by atomic mass is 10.4. The first-order chi connectivity index (χ1) is 10.3. The minimum Gasteiger partial charge on any atom is -0.276 e. The summed E-state index contributed by atoms with van der Waals surface area (Å²) < 4.78 is 0. The average molecular weight is 333 g/mol. The summed E-state index contributed by atoms with van der Waals surface area (Å²) in [5.74, 6) is 1.88. The van der Waals surface area contributed by atoms with Gasteiger partial charge in [0, 0.05) is 14.6 Å². The maximum absolute atomic E-state index is 10.6. The minimum absolute atomic E-state index is 0.241. The van der Waals surface area contributed by atoms with Gasteiger partial charge in [0.1, 0.15) is 10.8 Å². The van der Waals surface area contributed by atoms with Crippen LogP contribution in [-0.2, 0) is 4.79 Å². The van der Waals surface area contributed by atoms with Crippen LogP contribution in [0.4, 0.5) is 0 Å². The molecular formula is C14H11N3OS3. The summed E-state index contributed by atoms with van der Waals surface area (Å²) in [6.07, 6.45) is 1.77. The van der Waals surface area contributed by atoms with Crippen LogP contribution < -0.4 is 5.43 Å². The van der Waals surface area contributed by atoms with Gasteiger partial charge in [-0.2, -0.15) is 5.10 Å². The molecule has 3 rings (SSSR count). The Hall–Kier alpha value is -1.66. The molecule has 0 amide bonds. The molecule has 4 nitrogen and oxygen atoms in total. The van der Waals surface area contributed by atoms with Crippen LogP contribution in [0.1, 0.15) is 11.8 Å². The molecule has 1 unspecified atom stereocenters. The van der Waals surface area contributed by atoms with Gasteiger partial charge in [0.2, 0.25) is 0 Å². The minimum atomic E-state index is -0.241. The van der Waals surface area contributed by atoms with E-state index in [0.717, 1.165) is 4.88 Å². The van der Waals surface area contributed by atoms with Gasteiger partial charge in [-0.3, -0.25) is 10.4 Å². The third-order valence-corrected chi connectivity index (χ3v) is 5.86. The van der Waals surface area contributed by atoms with Crippen molar-refractivity contribution in [2.24, 2.45) is 10.1 Å². The van der Waals surface area contributed by atoms with Crippen molar-refractivity contribution in [3.8, 4) is 9.75 Å². The second-order valence-corrected chi connectivity index (χ2v) is 7.34. The summed E-state index contributed by atoms with van der Waals surface area (Å²) in [7, 11) is 0. The lowest BCUT2D eigenvalue weighted by molar-refractivity contribution is 0.569. The van der Waals surface area contributed by atoms with Crippen LogP contribution in [-0.4, -0.2) is 23.4 Å². The van der Waals surface area contributed by atoms with Crippen molar-refractivity contribution in [2.75, 3.05) is 0 Å². The average Bonchev–Trinajstić information content (AvgIpc) is 3.18. The summed E-state index contributed by atoms with van der Waals surface area (Å²) in [4.78, 5) is 19.0. The van der Waals surface area contributed by atoms with Crippen LogP contribution >= 0.6 is 34.4 Å². The second kappa shape index (κ2) is 6.41. The monoisotopic (exact) mass is 333 g/mol. The third-order valence-electron chi connectivity index (χ3n) is 2.73. The SMILES string of the molecule is CC1=NC(NN=Cc2ccc(-c3cccs3)s2)SC1=C=O. The van der Waals surface area contributed by atoms with Crippen molar-refractivity contribution in [2.45, 2.75) is 12.4 Å². The van der Waals surface area contributed by atoms with Crippen LogP contribution in [0.2, 0.25) is 0 Å². The number of allylic oxidation sites excluding steroid dienone is 1. The number of hydrogen-bond acceptors (Lipinski definition) is 7. The van der Waals surface area contributed by atoms with Gasteiger partial charge in [0.15, 0.2) is 5.50 Å². The van der Waals surface area contributed by atoms with Crippen LogP contribution in [0.25, 0.3) is 9.75 Å². The van der Waals surface area contributed by atoms with Crippen LogP contribution in [0.3, 0.4) is 0 Å². The molecule has 0 spiro atoms. The number of rotatable bonds is 4. The Morgan fingerprint density at radius 2 is 2.29 bits per heavy atom. The molecule has 2 aromatic heterocycles. The molecule has 1 aliphatic rings. The molecule has 106 valence electrons. The van der Waals surface area contributed by atoms with Crippen LogP contribution in [0.15, 0.2) is 44.6 Å². The molecule has 7 heteroatoms. The molecule has 1 atom stereocenters. The third kappa shape index (κ3) is 3.33. The van der Waals surface area contributed by atoms with Gasteiger partial charge < -0.3 is 0 Å². The molecule has 1 N–H and O–H groups in total. The van der Waals surface area contributed by atoms with Crippen molar-refractivity contribution >= 4 is 52.3 Å². The number of carbonyl (C=O) groups excluding carboxylic acids is 1. The molecule has 1 aliphatic heterocycles. The van der Waals surface area contributed by atoms with E-state index in [1.807, 2.05) is 18.1 Å². The first-order valence-corrected chi connectivity index (χ1v) is 8.72. The van der Waals surface area contributed by atoms with E-state index in [1.54, 1.807) is 35.8 Å². The van der Waals surface area contributed by atoms with E-state index in [2.05, 4.69) is 33.0 Å². The van der Waals surface area contributed by atoms with Crippen LogP contribution in [0, 0.1) is 0 Å². The Labute approximate surface area is 134 Å². The van der Waals surface area contributed by atoms with Crippen molar-refractivity contribution < 1.29 is 4.79 Å². The highest BCUT2D eigenvalue weighted by Gasteiger charge is 2.20. The highest BCUT2D eigenvalue weighted by atomic mass is 32.2. The smallest absolute Gasteiger partial charge is 0.186 e. The molecule has 0 saturated heterocycles. The summed E-state index contributed by atoms with van der Waals surface area (Å²) in [6, 6.07) is 8.29. The van der Waals surface area contributed by atoms with Gasteiger partial charge in [-0.05, 0) is 30.5 Å². The molecule has 3 heterocycles. The Morgan fingerprint density at radius 3 is 3.00 bits per heavy atom. The zero-order chi connectivity index (χ0) is 14.7. The van der Waals surface area contributed by atoms with Crippen molar-refractivity contribution in [1.29, 1.82) is 0 Å². The number of hydrazone groups is 1. The number of thioether (sulfide) groups is 1. The van der Waals surface area contributed by atoms with Crippen LogP contribution in [0.5, 0.6) is 0 Å². The van der Waals surface area contributed by atoms with Crippen molar-refractivity contribution in [1.82, 2.24) is 5.43 Å². The highest BCUT2D eigenvalue weighted by Crippen LogP contribution is 2.31. The van der Waals surface area contributed by atoms with E-state index in [9.17, 15) is 4.79 Å². The van der Waals surface area contributed by atoms with E-state index in [4.69, 9.17) is 0 Å². The molecular weight excluding hydrogens is 322 g/mol. The number of aliphatic imine (C=N–C) groups is 1. The van der Waals surface area contributed by atoms with Gasteiger partial charge in [-0.25, -0.2) is 4.79 Å². The molecule has 0 saturated carbocycles. The van der Waals surface area contributed by atoms with Gasteiger partial charge in [0.25, 0.3) is 0 Å². The summed E-state index contributed by atoms with van der Waals surface area (Å²) in [6.45, 7) is 1.80. The zero-order valence-electron chi connectivity index (χ0n) is 11.1. The molecule has 0 radical (unpaired) electrons. The maximum atomic E-state index is 10.6. The van der Waals surface area contributed by atoms with Crippen molar-refractivity contribution in [3.63, 3.8) is 0 Å². The fourth-order valence-electron chi connectivity index (χ4n) is 1.75. The van der Waals surface area contributed by atoms with E-state index < -0.39 is 0 Å². The molecule has 0 fully saturated rings. The second-order valence-electron chi connectivity index (χ2n) is 4.18. The first-order valence-electron chi connectivity index (χ1n) is 6.15. The summed E-state index contributed by atoms with van der Waals surface area (Å²) >= 11 is 4.74. The maximum Gasteiger partial charge on any atom is 0.186 e. The highest BCUT2D eigenvalue weighted by molar-refractivity contribution is 8.05.